The largest absolute Gasteiger partial charge is 0.366 e. The van der Waals surface area contributed by atoms with Gasteiger partial charge in [0, 0.05) is 36.0 Å². The molecule has 5 nitrogen and oxygen atoms in total. The highest BCUT2D eigenvalue weighted by molar-refractivity contribution is 6.01. The first-order valence-corrected chi connectivity index (χ1v) is 7.94. The van der Waals surface area contributed by atoms with Crippen molar-refractivity contribution in [2.24, 2.45) is 11.5 Å². The van der Waals surface area contributed by atoms with E-state index in [2.05, 4.69) is 0 Å². The number of hydrogen-bond donors (Lipinski definition) is 2. The molecule has 1 aliphatic heterocycles. The average molecular weight is 333 g/mol. The van der Waals surface area contributed by atoms with Crippen LogP contribution in [-0.2, 0) is 16.1 Å². The lowest BCUT2D eigenvalue weighted by atomic mass is 9.82. The van der Waals surface area contributed by atoms with Crippen LogP contribution < -0.4 is 11.5 Å². The third kappa shape index (κ3) is 3.61. The summed E-state index contributed by atoms with van der Waals surface area (Å²) < 4.78 is 0. The zero-order valence-electron chi connectivity index (χ0n) is 13.6. The Labute approximate surface area is 146 Å². The molecule has 1 heterocycles. The molecule has 4 N–H and O–H groups in total. The van der Waals surface area contributed by atoms with Crippen molar-refractivity contribution in [2.75, 3.05) is 0 Å². The standard InChI is InChI=1S/C20H19N3O2/c21-19(24)16-12-23(11-14-7-3-1-4-8-14)13-17(20(22)25)18(16)15-9-5-2-6-10-15/h1-10,12-13,18H,11H2,(H2,21,24)(H2,22,25). The molecule has 0 saturated heterocycles. The van der Waals surface area contributed by atoms with Crippen LogP contribution in [-0.4, -0.2) is 16.7 Å². The Hall–Kier alpha value is -3.34. The number of primary amides is 2. The number of carbonyl (C=O) groups is 2. The number of hydrogen-bond acceptors (Lipinski definition) is 3. The van der Waals surface area contributed by atoms with Crippen LogP contribution in [0.4, 0.5) is 0 Å². The summed E-state index contributed by atoms with van der Waals surface area (Å²) in [7, 11) is 0. The molecule has 25 heavy (non-hydrogen) atoms. The van der Waals surface area contributed by atoms with Crippen LogP contribution in [0.15, 0.2) is 84.2 Å². The summed E-state index contributed by atoms with van der Waals surface area (Å²) in [5.74, 6) is -1.69. The maximum Gasteiger partial charge on any atom is 0.247 e. The van der Waals surface area contributed by atoms with Gasteiger partial charge in [-0.3, -0.25) is 9.59 Å². The number of nitrogens with two attached hydrogens (primary N) is 2. The Kier molecular flexibility index (Phi) is 4.66. The van der Waals surface area contributed by atoms with E-state index in [-0.39, 0.29) is 0 Å². The molecule has 0 atom stereocenters. The van der Waals surface area contributed by atoms with Crippen LogP contribution in [0, 0.1) is 0 Å². The maximum atomic E-state index is 12.1. The van der Waals surface area contributed by atoms with E-state index in [0.29, 0.717) is 17.7 Å². The molecule has 5 heteroatoms. The molecule has 2 amide bonds. The van der Waals surface area contributed by atoms with E-state index in [1.807, 2.05) is 60.7 Å². The fraction of sp³-hybridized carbons (Fsp3) is 0.100. The molecule has 0 aromatic heterocycles. The molecule has 2 aromatic carbocycles. The maximum absolute atomic E-state index is 12.1. The van der Waals surface area contributed by atoms with Crippen molar-refractivity contribution < 1.29 is 9.59 Å². The van der Waals surface area contributed by atoms with Crippen molar-refractivity contribution in [2.45, 2.75) is 12.5 Å². The van der Waals surface area contributed by atoms with Gasteiger partial charge in [-0.05, 0) is 11.1 Å². The van der Waals surface area contributed by atoms with Crippen LogP contribution >= 0.6 is 0 Å². The lowest BCUT2D eigenvalue weighted by Crippen LogP contribution is -2.32. The molecular weight excluding hydrogens is 314 g/mol. The summed E-state index contributed by atoms with van der Waals surface area (Å²) in [5.41, 5.74) is 13.7. The monoisotopic (exact) mass is 333 g/mol. The zero-order valence-corrected chi connectivity index (χ0v) is 13.6. The molecule has 126 valence electrons. The summed E-state index contributed by atoms with van der Waals surface area (Å²) in [6.45, 7) is 0.510. The number of nitrogens with zero attached hydrogens (tertiary/aromatic N) is 1. The number of amides is 2. The van der Waals surface area contributed by atoms with Crippen LogP contribution in [0.2, 0.25) is 0 Å². The van der Waals surface area contributed by atoms with Crippen molar-refractivity contribution in [3.05, 3.63) is 95.3 Å². The Balaban J connectivity index is 2.02. The minimum atomic E-state index is -0.571. The first-order valence-electron chi connectivity index (χ1n) is 7.94. The zero-order chi connectivity index (χ0) is 17.8. The molecule has 2 aromatic rings. The van der Waals surface area contributed by atoms with Crippen LogP contribution in [0.1, 0.15) is 17.0 Å². The van der Waals surface area contributed by atoms with E-state index in [9.17, 15) is 9.59 Å². The predicted octanol–water partition coefficient (Wildman–Crippen LogP) is 2.02. The van der Waals surface area contributed by atoms with Crippen molar-refractivity contribution in [1.29, 1.82) is 0 Å². The molecule has 0 bridgehead atoms. The number of carbonyl (C=O) groups excluding carboxylic acids is 2. The second-order valence-electron chi connectivity index (χ2n) is 5.90. The van der Waals surface area contributed by atoms with Gasteiger partial charge in [0.15, 0.2) is 0 Å². The summed E-state index contributed by atoms with van der Waals surface area (Å²) in [6, 6.07) is 19.0. The molecule has 0 saturated carbocycles. The van der Waals surface area contributed by atoms with E-state index in [0.717, 1.165) is 11.1 Å². The Morgan fingerprint density at radius 1 is 0.800 bits per heavy atom. The van der Waals surface area contributed by atoms with Crippen molar-refractivity contribution in [3.8, 4) is 0 Å². The summed E-state index contributed by atoms with van der Waals surface area (Å²) >= 11 is 0. The molecule has 0 spiro atoms. The van der Waals surface area contributed by atoms with E-state index in [1.165, 1.54) is 0 Å². The summed E-state index contributed by atoms with van der Waals surface area (Å²) in [6.07, 6.45) is 3.39. The number of rotatable bonds is 5. The van der Waals surface area contributed by atoms with Crippen molar-refractivity contribution >= 4 is 11.8 Å². The average Bonchev–Trinajstić information content (AvgIpc) is 2.62. The van der Waals surface area contributed by atoms with E-state index in [1.54, 1.807) is 17.3 Å². The summed E-state index contributed by atoms with van der Waals surface area (Å²) in [5, 5.41) is 0. The summed E-state index contributed by atoms with van der Waals surface area (Å²) in [4.78, 5) is 25.9. The second kappa shape index (κ2) is 7.05. The third-order valence-corrected chi connectivity index (χ3v) is 4.14. The van der Waals surface area contributed by atoms with Gasteiger partial charge < -0.3 is 16.4 Å². The Morgan fingerprint density at radius 3 is 1.76 bits per heavy atom. The lowest BCUT2D eigenvalue weighted by molar-refractivity contribution is -0.115. The number of benzene rings is 2. The van der Waals surface area contributed by atoms with Gasteiger partial charge >= 0.3 is 0 Å². The van der Waals surface area contributed by atoms with Gasteiger partial charge in [-0.15, -0.1) is 0 Å². The quantitative estimate of drug-likeness (QED) is 0.877. The molecule has 0 fully saturated rings. The Morgan fingerprint density at radius 2 is 1.28 bits per heavy atom. The molecule has 0 unspecified atom stereocenters. The molecule has 3 rings (SSSR count). The molecule has 1 aliphatic rings. The topological polar surface area (TPSA) is 89.4 Å². The van der Waals surface area contributed by atoms with Gasteiger partial charge in [-0.2, -0.15) is 0 Å². The smallest absolute Gasteiger partial charge is 0.247 e. The van der Waals surface area contributed by atoms with Crippen LogP contribution in [0.5, 0.6) is 0 Å². The van der Waals surface area contributed by atoms with Gasteiger partial charge in [0.2, 0.25) is 11.8 Å². The normalized spacial score (nSPS) is 14.6. The second-order valence-corrected chi connectivity index (χ2v) is 5.90. The first kappa shape index (κ1) is 16.5. The van der Waals surface area contributed by atoms with Crippen molar-refractivity contribution in [1.82, 2.24) is 4.90 Å². The SMILES string of the molecule is NC(=O)C1=CN(Cc2ccccc2)C=C(C(N)=O)C1c1ccccc1. The van der Waals surface area contributed by atoms with E-state index < -0.39 is 17.7 Å². The minimum Gasteiger partial charge on any atom is -0.366 e. The highest BCUT2D eigenvalue weighted by Crippen LogP contribution is 2.35. The van der Waals surface area contributed by atoms with Gasteiger partial charge in [0.1, 0.15) is 0 Å². The van der Waals surface area contributed by atoms with Gasteiger partial charge in [0.05, 0.1) is 0 Å². The minimum absolute atomic E-state index is 0.346. The fourth-order valence-electron chi connectivity index (χ4n) is 3.01. The van der Waals surface area contributed by atoms with E-state index in [4.69, 9.17) is 11.5 Å². The predicted molar refractivity (Wildman–Crippen MR) is 95.7 cm³/mol. The molecular formula is C20H19N3O2. The lowest BCUT2D eigenvalue weighted by Gasteiger charge is -2.30. The molecule has 0 aliphatic carbocycles. The van der Waals surface area contributed by atoms with Crippen LogP contribution in [0.3, 0.4) is 0 Å². The van der Waals surface area contributed by atoms with Crippen LogP contribution in [0.25, 0.3) is 0 Å². The van der Waals surface area contributed by atoms with Crippen molar-refractivity contribution in [3.63, 3.8) is 0 Å². The van der Waals surface area contributed by atoms with Gasteiger partial charge in [-0.25, -0.2) is 0 Å². The Bertz CT molecular complexity index is 810. The highest BCUT2D eigenvalue weighted by Gasteiger charge is 2.31. The fourth-order valence-corrected chi connectivity index (χ4v) is 3.01. The highest BCUT2D eigenvalue weighted by atomic mass is 16.1. The van der Waals surface area contributed by atoms with E-state index >= 15 is 0 Å². The van der Waals surface area contributed by atoms with Gasteiger partial charge in [0.25, 0.3) is 0 Å². The first-order chi connectivity index (χ1) is 12.1. The van der Waals surface area contributed by atoms with Gasteiger partial charge in [-0.1, -0.05) is 60.7 Å². The molecule has 0 radical (unpaired) electrons. The third-order valence-electron chi connectivity index (χ3n) is 4.14.